The van der Waals surface area contributed by atoms with Gasteiger partial charge in [0.1, 0.15) is 12.8 Å². The predicted molar refractivity (Wildman–Crippen MR) is 71.3 cm³/mol. The van der Waals surface area contributed by atoms with Crippen molar-refractivity contribution in [1.29, 1.82) is 0 Å². The van der Waals surface area contributed by atoms with Gasteiger partial charge < -0.3 is 4.84 Å². The first-order valence-corrected chi connectivity index (χ1v) is 6.59. The second kappa shape index (κ2) is 6.94. The van der Waals surface area contributed by atoms with Crippen molar-refractivity contribution in [3.8, 4) is 0 Å². The molecule has 0 saturated heterocycles. The van der Waals surface area contributed by atoms with Crippen LogP contribution in [0.5, 0.6) is 0 Å². The monoisotopic (exact) mass is 245 g/mol. The molecule has 0 amide bonds. The van der Waals surface area contributed by atoms with Gasteiger partial charge in [-0.05, 0) is 18.4 Å². The van der Waals surface area contributed by atoms with Crippen molar-refractivity contribution in [2.45, 2.75) is 38.7 Å². The average molecular weight is 245 g/mol. The van der Waals surface area contributed by atoms with Crippen LogP contribution in [0.3, 0.4) is 0 Å². The molecule has 0 bridgehead atoms. The summed E-state index contributed by atoms with van der Waals surface area (Å²) in [7, 11) is 0. The minimum Gasteiger partial charge on any atom is -0.391 e. The van der Waals surface area contributed by atoms with Crippen molar-refractivity contribution in [2.24, 2.45) is 11.1 Å². The Labute approximate surface area is 108 Å². The Kier molecular flexibility index (Phi) is 4.94. The molecule has 0 N–H and O–H groups in total. The number of hydrogen-bond donors (Lipinski definition) is 0. The van der Waals surface area contributed by atoms with E-state index in [-0.39, 0.29) is 11.7 Å². The summed E-state index contributed by atoms with van der Waals surface area (Å²) in [4.78, 5) is 16.9. The number of carbonyl (C=O) groups is 1. The van der Waals surface area contributed by atoms with E-state index in [1.807, 2.05) is 30.3 Å². The molecule has 96 valence electrons. The Bertz CT molecular complexity index is 394. The van der Waals surface area contributed by atoms with E-state index in [0.717, 1.165) is 31.2 Å². The lowest BCUT2D eigenvalue weighted by Crippen LogP contribution is -2.18. The summed E-state index contributed by atoms with van der Waals surface area (Å²) in [5, 5.41) is 3.77. The van der Waals surface area contributed by atoms with Crippen LogP contribution in [0.25, 0.3) is 0 Å². The van der Waals surface area contributed by atoms with Gasteiger partial charge in [0, 0.05) is 5.92 Å². The van der Waals surface area contributed by atoms with Crippen LogP contribution in [0.1, 0.15) is 37.7 Å². The van der Waals surface area contributed by atoms with E-state index < -0.39 is 0 Å². The molecule has 0 aliphatic heterocycles. The number of oxime groups is 1. The number of benzene rings is 1. The first-order chi connectivity index (χ1) is 8.86. The van der Waals surface area contributed by atoms with E-state index >= 15 is 0 Å². The molecule has 18 heavy (non-hydrogen) atoms. The van der Waals surface area contributed by atoms with Crippen molar-refractivity contribution >= 4 is 12.0 Å². The zero-order chi connectivity index (χ0) is 12.6. The number of carbonyl (C=O) groups excluding carboxylic acids is 1. The molecule has 2 rings (SSSR count). The molecule has 1 aromatic carbocycles. The van der Waals surface area contributed by atoms with Gasteiger partial charge in [-0.15, -0.1) is 0 Å². The summed E-state index contributed by atoms with van der Waals surface area (Å²) in [6, 6.07) is 9.81. The Morgan fingerprint density at radius 2 is 1.94 bits per heavy atom. The molecule has 1 saturated carbocycles. The molecule has 0 aromatic heterocycles. The highest BCUT2D eigenvalue weighted by Crippen LogP contribution is 2.23. The lowest BCUT2D eigenvalue weighted by atomic mass is 9.87. The van der Waals surface area contributed by atoms with E-state index in [0.29, 0.717) is 6.61 Å². The lowest BCUT2D eigenvalue weighted by Gasteiger charge is -2.17. The number of Topliss-reactive ketones (excluding diaryl/α,β-unsaturated/α-hetero) is 1. The van der Waals surface area contributed by atoms with Gasteiger partial charge in [-0.25, -0.2) is 0 Å². The highest BCUT2D eigenvalue weighted by atomic mass is 16.6. The Morgan fingerprint density at radius 1 is 1.22 bits per heavy atom. The molecule has 1 aromatic rings. The zero-order valence-electron chi connectivity index (χ0n) is 10.5. The highest BCUT2D eigenvalue weighted by Gasteiger charge is 2.19. The van der Waals surface area contributed by atoms with Crippen LogP contribution in [0.15, 0.2) is 35.5 Å². The maximum Gasteiger partial charge on any atom is 0.180 e. The number of nitrogens with zero attached hydrogens (tertiary/aromatic N) is 1. The quantitative estimate of drug-likeness (QED) is 0.589. The van der Waals surface area contributed by atoms with Crippen molar-refractivity contribution in [3.05, 3.63) is 35.9 Å². The second-order valence-corrected chi connectivity index (χ2v) is 4.73. The first-order valence-electron chi connectivity index (χ1n) is 6.59. The minimum absolute atomic E-state index is 0.114. The first kappa shape index (κ1) is 12.8. The molecule has 0 unspecified atom stereocenters. The molecule has 3 nitrogen and oxygen atoms in total. The molecule has 1 fully saturated rings. The largest absolute Gasteiger partial charge is 0.391 e. The fraction of sp³-hybridized carbons (Fsp3) is 0.467. The van der Waals surface area contributed by atoms with Crippen molar-refractivity contribution in [1.82, 2.24) is 0 Å². The average Bonchev–Trinajstić information content (AvgIpc) is 2.45. The van der Waals surface area contributed by atoms with Crippen molar-refractivity contribution < 1.29 is 9.63 Å². The van der Waals surface area contributed by atoms with Crippen LogP contribution in [0.2, 0.25) is 0 Å². The molecule has 0 atom stereocenters. The molecule has 0 spiro atoms. The SMILES string of the molecule is O=C(/C=N/OCc1ccccc1)C1CCCCC1. The van der Waals surface area contributed by atoms with E-state index in [9.17, 15) is 4.79 Å². The number of hydrogen-bond acceptors (Lipinski definition) is 3. The van der Waals surface area contributed by atoms with Gasteiger partial charge in [0.05, 0.1) is 0 Å². The summed E-state index contributed by atoms with van der Waals surface area (Å²) in [6.07, 6.45) is 6.93. The molecule has 0 radical (unpaired) electrons. The number of rotatable bonds is 5. The van der Waals surface area contributed by atoms with Gasteiger partial charge in [0.15, 0.2) is 5.78 Å². The molecule has 1 aliphatic rings. The van der Waals surface area contributed by atoms with E-state index in [1.54, 1.807) is 0 Å². The van der Waals surface area contributed by atoms with Crippen LogP contribution < -0.4 is 0 Å². The van der Waals surface area contributed by atoms with Gasteiger partial charge in [-0.3, -0.25) is 4.79 Å². The van der Waals surface area contributed by atoms with Crippen LogP contribution in [-0.2, 0) is 16.2 Å². The van der Waals surface area contributed by atoms with E-state index in [1.165, 1.54) is 12.6 Å². The minimum atomic E-state index is 0.114. The van der Waals surface area contributed by atoms with E-state index in [4.69, 9.17) is 4.84 Å². The Balaban J connectivity index is 1.72. The second-order valence-electron chi connectivity index (χ2n) is 4.73. The summed E-state index contributed by atoms with van der Waals surface area (Å²) in [5.41, 5.74) is 1.06. The summed E-state index contributed by atoms with van der Waals surface area (Å²) >= 11 is 0. The topological polar surface area (TPSA) is 38.7 Å². The van der Waals surface area contributed by atoms with Crippen LogP contribution >= 0.6 is 0 Å². The summed E-state index contributed by atoms with van der Waals surface area (Å²) in [5.74, 6) is 0.283. The molecular weight excluding hydrogens is 226 g/mol. The van der Waals surface area contributed by atoms with Gasteiger partial charge in [-0.2, -0.15) is 0 Å². The third-order valence-electron chi connectivity index (χ3n) is 3.34. The highest BCUT2D eigenvalue weighted by molar-refractivity contribution is 6.28. The predicted octanol–water partition coefficient (Wildman–Crippen LogP) is 3.34. The fourth-order valence-corrected chi connectivity index (χ4v) is 2.27. The molecular formula is C15H19NO2. The van der Waals surface area contributed by atoms with Crippen LogP contribution in [0, 0.1) is 5.92 Å². The Hall–Kier alpha value is -1.64. The van der Waals surface area contributed by atoms with Gasteiger partial charge in [-0.1, -0.05) is 54.8 Å². The summed E-state index contributed by atoms with van der Waals surface area (Å²) in [6.45, 7) is 0.412. The van der Waals surface area contributed by atoms with Gasteiger partial charge >= 0.3 is 0 Å². The molecule has 0 heterocycles. The normalized spacial score (nSPS) is 16.9. The number of ketones is 1. The fourth-order valence-electron chi connectivity index (χ4n) is 2.27. The summed E-state index contributed by atoms with van der Waals surface area (Å²) < 4.78 is 0. The molecule has 1 aliphatic carbocycles. The van der Waals surface area contributed by atoms with Crippen LogP contribution in [-0.4, -0.2) is 12.0 Å². The third-order valence-corrected chi connectivity index (χ3v) is 3.34. The van der Waals surface area contributed by atoms with E-state index in [2.05, 4.69) is 5.16 Å². The standard InChI is InChI=1S/C15H19NO2/c17-15(14-9-5-2-6-10-14)11-16-18-12-13-7-3-1-4-8-13/h1,3-4,7-8,11,14H,2,5-6,9-10,12H2/b16-11+. The Morgan fingerprint density at radius 3 is 2.67 bits per heavy atom. The maximum atomic E-state index is 11.8. The maximum absolute atomic E-state index is 11.8. The van der Waals surface area contributed by atoms with Gasteiger partial charge in [0.2, 0.25) is 0 Å². The smallest absolute Gasteiger partial charge is 0.180 e. The zero-order valence-corrected chi connectivity index (χ0v) is 10.5. The van der Waals surface area contributed by atoms with Crippen LogP contribution in [0.4, 0.5) is 0 Å². The molecule has 3 heteroatoms. The van der Waals surface area contributed by atoms with Crippen molar-refractivity contribution in [3.63, 3.8) is 0 Å². The third kappa shape index (κ3) is 3.99. The lowest BCUT2D eigenvalue weighted by molar-refractivity contribution is -0.117. The van der Waals surface area contributed by atoms with Crippen molar-refractivity contribution in [2.75, 3.05) is 0 Å². The van der Waals surface area contributed by atoms with Gasteiger partial charge in [0.25, 0.3) is 0 Å².